The first-order valence-electron chi connectivity index (χ1n) is 7.13. The molecule has 2 rings (SSSR count). The number of carbonyl (C=O) groups is 1. The van der Waals surface area contributed by atoms with Crippen molar-refractivity contribution in [2.45, 2.75) is 13.8 Å². The van der Waals surface area contributed by atoms with Crippen LogP contribution >= 0.6 is 0 Å². The van der Waals surface area contributed by atoms with Gasteiger partial charge in [-0.05, 0) is 0 Å². The van der Waals surface area contributed by atoms with Gasteiger partial charge in [0, 0.05) is 0 Å². The molecule has 0 aliphatic rings. The summed E-state index contributed by atoms with van der Waals surface area (Å²) < 4.78 is 12.0. The first-order chi connectivity index (χ1) is 10.6. The van der Waals surface area contributed by atoms with Crippen molar-refractivity contribution in [1.29, 1.82) is 0 Å². The molecule has 0 amide bonds. The maximum absolute atomic E-state index is 12.0. The zero-order chi connectivity index (χ0) is 16.1. The molecule has 0 fully saturated rings. The van der Waals surface area contributed by atoms with E-state index in [9.17, 15) is 4.79 Å². The zero-order valence-corrected chi connectivity index (χ0v) is 15.0. The van der Waals surface area contributed by atoms with Crippen LogP contribution in [0.15, 0.2) is 24.3 Å². The summed E-state index contributed by atoms with van der Waals surface area (Å²) in [7, 11) is 3.02. The molecule has 1 aromatic heterocycles. The average Bonchev–Trinajstić information content (AvgIpc) is 3.00. The Balaban J connectivity index is 2.49. The minimum absolute atomic E-state index is 0.00979. The molecular weight excluding hydrogens is 347 g/mol. The summed E-state index contributed by atoms with van der Waals surface area (Å²) in [5.74, 6) is 0.411. The molecule has 0 saturated heterocycles. The van der Waals surface area contributed by atoms with Gasteiger partial charge in [0.25, 0.3) is 0 Å². The molecule has 0 atom stereocenters. The molecule has 0 unspecified atom stereocenters. The van der Waals surface area contributed by atoms with Crippen LogP contribution < -0.4 is 9.64 Å². The number of esters is 1. The summed E-state index contributed by atoms with van der Waals surface area (Å²) >= 11 is -0.00979. The fraction of sp³-hybridized carbons (Fsp3) is 0.375. The Morgan fingerprint density at radius 1 is 1.18 bits per heavy atom. The van der Waals surface area contributed by atoms with Crippen molar-refractivity contribution in [2.24, 2.45) is 0 Å². The zero-order valence-electron chi connectivity index (χ0n) is 13.3. The van der Waals surface area contributed by atoms with Gasteiger partial charge in [-0.2, -0.15) is 0 Å². The monoisotopic (exact) mass is 368 g/mol. The van der Waals surface area contributed by atoms with Crippen molar-refractivity contribution in [2.75, 3.05) is 32.2 Å². The molecule has 0 radical (unpaired) electrons. The second-order valence-electron chi connectivity index (χ2n) is 4.57. The summed E-state index contributed by atoms with van der Waals surface area (Å²) in [6.07, 6.45) is 0. The fourth-order valence-corrected chi connectivity index (χ4v) is 4.60. The summed E-state index contributed by atoms with van der Waals surface area (Å²) in [5.41, 5.74) is 1.42. The van der Waals surface area contributed by atoms with Gasteiger partial charge >= 0.3 is 136 Å². The van der Waals surface area contributed by atoms with Crippen molar-refractivity contribution in [3.05, 3.63) is 30.0 Å². The number of nitrogens with zero attached hydrogens (tertiary/aromatic N) is 2. The number of carbonyl (C=O) groups excluding carboxylic acids is 1. The third kappa shape index (κ3) is 3.34. The van der Waals surface area contributed by atoms with Crippen LogP contribution in [0, 0.1) is 0 Å². The standard InChI is InChI=1S/C16H20N2O3Se/c1-5-18(6-2)16-17-13(15(19)21-4)14(22-16)11-7-9-12(20-3)10-8-11/h7-10H,5-6H2,1-4H3. The van der Waals surface area contributed by atoms with Gasteiger partial charge in [0.05, 0.1) is 0 Å². The van der Waals surface area contributed by atoms with E-state index in [1.807, 2.05) is 24.3 Å². The van der Waals surface area contributed by atoms with Gasteiger partial charge in [0.1, 0.15) is 0 Å². The van der Waals surface area contributed by atoms with E-state index in [2.05, 4.69) is 23.7 Å². The van der Waals surface area contributed by atoms with E-state index in [0.29, 0.717) is 5.69 Å². The van der Waals surface area contributed by atoms with Crippen molar-refractivity contribution in [3.63, 3.8) is 0 Å². The number of hydrogen-bond acceptors (Lipinski definition) is 5. The third-order valence-corrected chi connectivity index (χ3v) is 5.83. The van der Waals surface area contributed by atoms with E-state index in [-0.39, 0.29) is 20.5 Å². The van der Waals surface area contributed by atoms with Crippen LogP contribution in [0.3, 0.4) is 0 Å². The Morgan fingerprint density at radius 2 is 1.82 bits per heavy atom. The predicted molar refractivity (Wildman–Crippen MR) is 88.1 cm³/mol. The van der Waals surface area contributed by atoms with Gasteiger partial charge < -0.3 is 0 Å². The van der Waals surface area contributed by atoms with Gasteiger partial charge in [0.2, 0.25) is 0 Å². The Labute approximate surface area is 136 Å². The van der Waals surface area contributed by atoms with E-state index in [0.717, 1.165) is 33.5 Å². The number of aromatic nitrogens is 1. The molecule has 0 aliphatic heterocycles. The number of methoxy groups -OCH3 is 2. The van der Waals surface area contributed by atoms with Crippen LogP contribution in [0.2, 0.25) is 0 Å². The molecule has 22 heavy (non-hydrogen) atoms. The second-order valence-corrected chi connectivity index (χ2v) is 6.62. The summed E-state index contributed by atoms with van der Waals surface area (Å²) in [6.45, 7) is 5.93. The van der Waals surface area contributed by atoms with Crippen molar-refractivity contribution < 1.29 is 14.3 Å². The Morgan fingerprint density at radius 3 is 2.32 bits per heavy atom. The van der Waals surface area contributed by atoms with Crippen molar-refractivity contribution in [3.8, 4) is 15.8 Å². The Bertz CT molecular complexity index is 633. The summed E-state index contributed by atoms with van der Waals surface area (Å²) in [6, 6.07) is 7.70. The van der Waals surface area contributed by atoms with Crippen LogP contribution in [-0.2, 0) is 4.74 Å². The third-order valence-electron chi connectivity index (χ3n) is 3.38. The number of hydrogen-bond donors (Lipinski definition) is 0. The fourth-order valence-electron chi connectivity index (χ4n) is 2.11. The summed E-state index contributed by atoms with van der Waals surface area (Å²) in [4.78, 5) is 18.8. The molecule has 118 valence electrons. The minimum atomic E-state index is -0.380. The van der Waals surface area contributed by atoms with Crippen LogP contribution in [0.1, 0.15) is 24.3 Å². The molecule has 0 N–H and O–H groups in total. The first kappa shape index (κ1) is 16.6. The van der Waals surface area contributed by atoms with E-state index in [4.69, 9.17) is 9.47 Å². The van der Waals surface area contributed by atoms with Crippen molar-refractivity contribution in [1.82, 2.24) is 4.98 Å². The molecule has 0 saturated carbocycles. The Kier molecular flexibility index (Phi) is 5.63. The first-order valence-corrected chi connectivity index (χ1v) is 8.84. The molecule has 6 heteroatoms. The van der Waals surface area contributed by atoms with E-state index >= 15 is 0 Å². The van der Waals surface area contributed by atoms with E-state index in [1.165, 1.54) is 7.11 Å². The second kappa shape index (κ2) is 7.47. The molecule has 1 aromatic carbocycles. The molecule has 2 aromatic rings. The quantitative estimate of drug-likeness (QED) is 0.580. The predicted octanol–water partition coefficient (Wildman–Crippen LogP) is 2.45. The van der Waals surface area contributed by atoms with Crippen LogP contribution in [0.25, 0.3) is 10.0 Å². The van der Waals surface area contributed by atoms with Gasteiger partial charge in [-0.1, -0.05) is 0 Å². The van der Waals surface area contributed by atoms with Crippen molar-refractivity contribution >= 4 is 25.2 Å². The number of rotatable bonds is 6. The molecule has 1 heterocycles. The normalized spacial score (nSPS) is 10.4. The average molecular weight is 367 g/mol. The molecular formula is C16H20N2O3Se. The number of anilines is 1. The van der Waals surface area contributed by atoms with Gasteiger partial charge in [-0.25, -0.2) is 0 Å². The van der Waals surface area contributed by atoms with E-state index in [1.54, 1.807) is 7.11 Å². The van der Waals surface area contributed by atoms with Gasteiger partial charge in [-0.15, -0.1) is 0 Å². The van der Waals surface area contributed by atoms with Crippen LogP contribution in [0.5, 0.6) is 5.75 Å². The van der Waals surface area contributed by atoms with Gasteiger partial charge in [0.15, 0.2) is 0 Å². The maximum atomic E-state index is 12.0. The molecule has 0 spiro atoms. The van der Waals surface area contributed by atoms with Crippen LogP contribution in [-0.4, -0.2) is 52.8 Å². The van der Waals surface area contributed by atoms with Gasteiger partial charge in [-0.3, -0.25) is 0 Å². The van der Waals surface area contributed by atoms with Crippen LogP contribution in [0.4, 0.5) is 4.69 Å². The SMILES string of the molecule is CCN(CC)c1nc(C(=O)OC)c(-c2ccc(OC)cc2)[se]1. The molecule has 0 aliphatic carbocycles. The Hall–Kier alpha value is -1.78. The van der Waals surface area contributed by atoms with E-state index < -0.39 is 0 Å². The number of benzene rings is 1. The number of ether oxygens (including phenoxy) is 2. The molecule has 0 bridgehead atoms. The topological polar surface area (TPSA) is 51.7 Å². The molecule has 5 nitrogen and oxygen atoms in total. The summed E-state index contributed by atoms with van der Waals surface area (Å²) in [5, 5.41) is 0.